The van der Waals surface area contributed by atoms with E-state index in [0.717, 1.165) is 0 Å². The van der Waals surface area contributed by atoms with Gasteiger partial charge < -0.3 is 0 Å². The summed E-state index contributed by atoms with van der Waals surface area (Å²) in [4.78, 5) is 0.246. The van der Waals surface area contributed by atoms with Gasteiger partial charge >= 0.3 is 0 Å². The number of fused-ring (bicyclic) bond motifs is 1. The Labute approximate surface area is 155 Å². The van der Waals surface area contributed by atoms with Gasteiger partial charge in [-0.3, -0.25) is 5.43 Å². The molecule has 0 radical (unpaired) electrons. The van der Waals surface area contributed by atoms with Crippen molar-refractivity contribution in [3.8, 4) is 0 Å². The SMILES string of the molecule is C[C@H]1C/C(=N/Nc2cc(Cl)cc(Cl)c2)c2cc(Cl)ccc2S1(=O)=O. The van der Waals surface area contributed by atoms with Crippen molar-refractivity contribution < 1.29 is 8.42 Å². The van der Waals surface area contributed by atoms with E-state index in [1.54, 1.807) is 37.3 Å². The molecule has 0 amide bonds. The molecule has 1 aliphatic heterocycles. The first-order valence-electron chi connectivity index (χ1n) is 7.10. The summed E-state index contributed by atoms with van der Waals surface area (Å²) in [5.41, 5.74) is 4.63. The monoisotopic (exact) mass is 402 g/mol. The van der Waals surface area contributed by atoms with E-state index in [9.17, 15) is 8.42 Å². The average Bonchev–Trinajstić information content (AvgIpc) is 2.48. The van der Waals surface area contributed by atoms with E-state index >= 15 is 0 Å². The second-order valence-corrected chi connectivity index (χ2v) is 9.17. The zero-order valence-corrected chi connectivity index (χ0v) is 15.6. The fourth-order valence-electron chi connectivity index (χ4n) is 2.54. The second-order valence-electron chi connectivity index (χ2n) is 5.53. The molecule has 2 aromatic rings. The van der Waals surface area contributed by atoms with E-state index in [1.807, 2.05) is 0 Å². The highest BCUT2D eigenvalue weighted by atomic mass is 35.5. The first-order chi connectivity index (χ1) is 11.3. The predicted molar refractivity (Wildman–Crippen MR) is 99.3 cm³/mol. The lowest BCUT2D eigenvalue weighted by molar-refractivity contribution is 0.582. The maximum atomic E-state index is 12.5. The molecule has 0 bridgehead atoms. The Morgan fingerprint density at radius 3 is 2.38 bits per heavy atom. The third kappa shape index (κ3) is 3.40. The summed E-state index contributed by atoms with van der Waals surface area (Å²) in [7, 11) is -3.38. The molecule has 0 aromatic heterocycles. The van der Waals surface area contributed by atoms with E-state index in [0.29, 0.717) is 32.0 Å². The molecule has 1 atom stereocenters. The van der Waals surface area contributed by atoms with Crippen LogP contribution in [0.15, 0.2) is 46.4 Å². The molecule has 1 aliphatic rings. The summed E-state index contributed by atoms with van der Waals surface area (Å²) in [5.74, 6) is 0. The average molecular weight is 404 g/mol. The summed E-state index contributed by atoms with van der Waals surface area (Å²) in [6.45, 7) is 1.67. The Kier molecular flexibility index (Phi) is 4.80. The first kappa shape index (κ1) is 17.5. The highest BCUT2D eigenvalue weighted by Gasteiger charge is 2.34. The molecule has 0 unspecified atom stereocenters. The number of nitrogens with one attached hydrogen (secondary N) is 1. The number of benzene rings is 2. The quantitative estimate of drug-likeness (QED) is 0.716. The smallest absolute Gasteiger partial charge is 0.182 e. The van der Waals surface area contributed by atoms with Crippen LogP contribution < -0.4 is 5.43 Å². The third-order valence-corrected chi connectivity index (χ3v) is 6.62. The van der Waals surface area contributed by atoms with Crippen LogP contribution in [0.3, 0.4) is 0 Å². The highest BCUT2D eigenvalue weighted by molar-refractivity contribution is 7.92. The number of rotatable bonds is 2. The lowest BCUT2D eigenvalue weighted by Crippen LogP contribution is -2.30. The third-order valence-electron chi connectivity index (χ3n) is 3.75. The molecule has 8 heteroatoms. The van der Waals surface area contributed by atoms with Crippen LogP contribution in [-0.4, -0.2) is 19.4 Å². The zero-order chi connectivity index (χ0) is 17.5. The Hall–Kier alpha value is -1.27. The molecule has 2 aromatic carbocycles. The molecule has 1 heterocycles. The molecular formula is C16H13Cl3N2O2S. The maximum absolute atomic E-state index is 12.5. The fraction of sp³-hybridized carbons (Fsp3) is 0.188. The number of hydrogen-bond donors (Lipinski definition) is 1. The molecule has 126 valence electrons. The van der Waals surface area contributed by atoms with Gasteiger partial charge in [-0.25, -0.2) is 8.42 Å². The second kappa shape index (κ2) is 6.56. The van der Waals surface area contributed by atoms with Crippen LogP contribution in [0.1, 0.15) is 18.9 Å². The van der Waals surface area contributed by atoms with Crippen molar-refractivity contribution in [2.24, 2.45) is 5.10 Å². The number of halogens is 3. The zero-order valence-electron chi connectivity index (χ0n) is 12.6. The molecule has 4 nitrogen and oxygen atoms in total. The van der Waals surface area contributed by atoms with Crippen LogP contribution >= 0.6 is 34.8 Å². The summed E-state index contributed by atoms with van der Waals surface area (Å²) in [5, 5.41) is 5.22. The van der Waals surface area contributed by atoms with E-state index in [4.69, 9.17) is 34.8 Å². The van der Waals surface area contributed by atoms with Crippen molar-refractivity contribution in [1.82, 2.24) is 0 Å². The van der Waals surface area contributed by atoms with Crippen molar-refractivity contribution in [2.75, 3.05) is 5.43 Å². The topological polar surface area (TPSA) is 58.5 Å². The van der Waals surface area contributed by atoms with E-state index in [-0.39, 0.29) is 11.3 Å². The van der Waals surface area contributed by atoms with Crippen molar-refractivity contribution in [1.29, 1.82) is 0 Å². The summed E-state index contributed by atoms with van der Waals surface area (Å²) in [6.07, 6.45) is 0.289. The predicted octanol–water partition coefficient (Wildman–Crippen LogP) is 5.03. The lowest BCUT2D eigenvalue weighted by atomic mass is 10.1. The molecular weight excluding hydrogens is 391 g/mol. The van der Waals surface area contributed by atoms with Gasteiger partial charge in [0.2, 0.25) is 0 Å². The van der Waals surface area contributed by atoms with Gasteiger partial charge in [0.15, 0.2) is 9.84 Å². The van der Waals surface area contributed by atoms with Crippen LogP contribution in [0.5, 0.6) is 0 Å². The molecule has 0 saturated carbocycles. The number of hydrogen-bond acceptors (Lipinski definition) is 4. The van der Waals surface area contributed by atoms with Crippen LogP contribution in [0.4, 0.5) is 5.69 Å². The van der Waals surface area contributed by atoms with E-state index in [1.165, 1.54) is 6.07 Å². The summed E-state index contributed by atoms with van der Waals surface area (Å²) >= 11 is 18.0. The van der Waals surface area contributed by atoms with Crippen molar-refractivity contribution in [2.45, 2.75) is 23.5 Å². The molecule has 0 spiro atoms. The Bertz CT molecular complexity index is 922. The van der Waals surface area contributed by atoms with E-state index in [2.05, 4.69) is 10.5 Å². The van der Waals surface area contributed by atoms with Gasteiger partial charge in [-0.2, -0.15) is 5.10 Å². The fourth-order valence-corrected chi connectivity index (χ4v) is 4.79. The van der Waals surface area contributed by atoms with Gasteiger partial charge in [-0.1, -0.05) is 34.8 Å². The van der Waals surface area contributed by atoms with Crippen LogP contribution in [0, 0.1) is 0 Å². The Morgan fingerprint density at radius 1 is 1.04 bits per heavy atom. The Morgan fingerprint density at radius 2 is 1.71 bits per heavy atom. The first-order valence-corrected chi connectivity index (χ1v) is 9.78. The minimum Gasteiger partial charge on any atom is -0.278 e. The summed E-state index contributed by atoms with van der Waals surface area (Å²) in [6, 6.07) is 9.68. The summed E-state index contributed by atoms with van der Waals surface area (Å²) < 4.78 is 24.9. The van der Waals surface area contributed by atoms with Gasteiger partial charge in [0.05, 0.1) is 21.5 Å². The minimum absolute atomic E-state index is 0.246. The molecule has 0 fully saturated rings. The van der Waals surface area contributed by atoms with Gasteiger partial charge in [0, 0.05) is 27.1 Å². The lowest BCUT2D eigenvalue weighted by Gasteiger charge is -2.23. The van der Waals surface area contributed by atoms with Crippen molar-refractivity contribution in [3.05, 3.63) is 57.0 Å². The van der Waals surface area contributed by atoms with Crippen LogP contribution in [0.25, 0.3) is 0 Å². The minimum atomic E-state index is -3.38. The maximum Gasteiger partial charge on any atom is 0.182 e. The Balaban J connectivity index is 2.03. The molecule has 1 N–H and O–H groups in total. The number of sulfone groups is 1. The van der Waals surface area contributed by atoms with Gasteiger partial charge in [-0.05, 0) is 43.3 Å². The normalized spacial score (nSPS) is 20.7. The number of anilines is 1. The molecule has 0 saturated heterocycles. The number of nitrogens with zero attached hydrogens (tertiary/aromatic N) is 1. The molecule has 24 heavy (non-hydrogen) atoms. The van der Waals surface area contributed by atoms with Gasteiger partial charge in [0.25, 0.3) is 0 Å². The number of hydrazone groups is 1. The highest BCUT2D eigenvalue weighted by Crippen LogP contribution is 2.32. The van der Waals surface area contributed by atoms with Crippen LogP contribution in [0.2, 0.25) is 15.1 Å². The van der Waals surface area contributed by atoms with Gasteiger partial charge in [0.1, 0.15) is 0 Å². The standard InChI is InChI=1S/C16H13Cl3N2O2S/c1-9-4-15(21-20-13-6-11(18)5-12(19)7-13)14-8-10(17)2-3-16(14)24(9,22)23/h2-3,5-9,20H,4H2,1H3/b21-15-/t9-/m0/s1. The largest absolute Gasteiger partial charge is 0.278 e. The molecule has 0 aliphatic carbocycles. The molecule has 3 rings (SSSR count). The van der Waals surface area contributed by atoms with Gasteiger partial charge in [-0.15, -0.1) is 0 Å². The van der Waals surface area contributed by atoms with Crippen LogP contribution in [-0.2, 0) is 9.84 Å². The van der Waals surface area contributed by atoms with E-state index < -0.39 is 15.1 Å². The van der Waals surface area contributed by atoms with Crippen molar-refractivity contribution >= 4 is 56.0 Å². The van der Waals surface area contributed by atoms with Crippen molar-refractivity contribution in [3.63, 3.8) is 0 Å².